The maximum atomic E-state index is 4.21. The quantitative estimate of drug-likeness (QED) is 0.430. The molecule has 84 valence electrons. The molecule has 0 radical (unpaired) electrons. The van der Waals surface area contributed by atoms with Gasteiger partial charge in [-0.05, 0) is 48.0 Å². The number of unbranched alkanes of at least 4 members (excludes halogenated alkanes) is 1. The van der Waals surface area contributed by atoms with E-state index in [-0.39, 0.29) is 0 Å². The first-order chi connectivity index (χ1) is 7.24. The number of hydrogen-bond acceptors (Lipinski definition) is 2. The van der Waals surface area contributed by atoms with Crippen LogP contribution in [0.5, 0.6) is 0 Å². The summed E-state index contributed by atoms with van der Waals surface area (Å²) >= 11 is 6.15. The zero-order chi connectivity index (χ0) is 11.1. The third-order valence-corrected chi connectivity index (χ3v) is 3.78. The van der Waals surface area contributed by atoms with E-state index in [1.807, 2.05) is 11.8 Å². The molecule has 1 rings (SSSR count). The Labute approximate surface area is 103 Å². The summed E-state index contributed by atoms with van der Waals surface area (Å²) < 4.78 is 0. The minimum atomic E-state index is 0.633. The van der Waals surface area contributed by atoms with Crippen molar-refractivity contribution in [2.75, 3.05) is 11.5 Å². The summed E-state index contributed by atoms with van der Waals surface area (Å²) in [6.07, 6.45) is 2.49. The van der Waals surface area contributed by atoms with Gasteiger partial charge in [0.1, 0.15) is 0 Å². The predicted octanol–water partition coefficient (Wildman–Crippen LogP) is 4.61. The van der Waals surface area contributed by atoms with Crippen LogP contribution in [0.15, 0.2) is 29.2 Å². The normalized spacial score (nSPS) is 10.9. The second-order valence-corrected chi connectivity index (χ2v) is 5.62. The summed E-state index contributed by atoms with van der Waals surface area (Å²) in [5.41, 5.74) is 1.43. The second-order valence-electron chi connectivity index (χ2n) is 4.00. The highest BCUT2D eigenvalue weighted by molar-refractivity contribution is 7.99. The van der Waals surface area contributed by atoms with E-state index >= 15 is 0 Å². The van der Waals surface area contributed by atoms with E-state index in [1.165, 1.54) is 29.1 Å². The van der Waals surface area contributed by atoms with Gasteiger partial charge in [0, 0.05) is 4.90 Å². The van der Waals surface area contributed by atoms with Crippen molar-refractivity contribution in [1.29, 1.82) is 0 Å². The van der Waals surface area contributed by atoms with Gasteiger partial charge >= 0.3 is 0 Å². The molecular weight excluding hydrogens is 220 g/mol. The van der Waals surface area contributed by atoms with Gasteiger partial charge in [0.25, 0.3) is 0 Å². The summed E-state index contributed by atoms with van der Waals surface area (Å²) in [6.45, 7) is 4.46. The van der Waals surface area contributed by atoms with Crippen LogP contribution < -0.4 is 0 Å². The number of thiol groups is 1. The van der Waals surface area contributed by atoms with Gasteiger partial charge in [-0.2, -0.15) is 12.6 Å². The lowest BCUT2D eigenvalue weighted by Crippen LogP contribution is -1.86. The van der Waals surface area contributed by atoms with Crippen LogP contribution in [-0.4, -0.2) is 11.5 Å². The van der Waals surface area contributed by atoms with Crippen LogP contribution in [0.4, 0.5) is 0 Å². The number of thioether (sulfide) groups is 1. The summed E-state index contributed by atoms with van der Waals surface area (Å²) in [6, 6.07) is 8.96. The molecular formula is C13H20S2. The fourth-order valence-electron chi connectivity index (χ4n) is 1.35. The molecule has 0 unspecified atom stereocenters. The molecule has 0 heterocycles. The molecule has 0 fully saturated rings. The topological polar surface area (TPSA) is 0 Å². The fraction of sp³-hybridized carbons (Fsp3) is 0.538. The first-order valence-electron chi connectivity index (χ1n) is 5.57. The maximum Gasteiger partial charge on any atom is 0.00721 e. The van der Waals surface area contributed by atoms with Crippen molar-refractivity contribution < 1.29 is 0 Å². The van der Waals surface area contributed by atoms with E-state index in [9.17, 15) is 0 Å². The van der Waals surface area contributed by atoms with Crippen LogP contribution in [0.1, 0.15) is 38.2 Å². The van der Waals surface area contributed by atoms with Gasteiger partial charge < -0.3 is 0 Å². The molecule has 0 aliphatic heterocycles. The molecule has 0 aliphatic carbocycles. The summed E-state index contributed by atoms with van der Waals surface area (Å²) in [7, 11) is 0. The number of rotatable bonds is 6. The average molecular weight is 240 g/mol. The highest BCUT2D eigenvalue weighted by Gasteiger charge is 1.99. The molecule has 0 aliphatic rings. The van der Waals surface area contributed by atoms with Gasteiger partial charge in [-0.25, -0.2) is 0 Å². The lowest BCUT2D eigenvalue weighted by atomic mass is 10.0. The van der Waals surface area contributed by atoms with E-state index in [0.717, 1.165) is 5.75 Å². The summed E-state index contributed by atoms with van der Waals surface area (Å²) in [5, 5.41) is 0. The fourth-order valence-corrected chi connectivity index (χ4v) is 2.49. The average Bonchev–Trinajstić information content (AvgIpc) is 2.25. The molecule has 0 nitrogen and oxygen atoms in total. The zero-order valence-electron chi connectivity index (χ0n) is 9.57. The largest absolute Gasteiger partial charge is 0.179 e. The monoisotopic (exact) mass is 240 g/mol. The second kappa shape index (κ2) is 7.24. The van der Waals surface area contributed by atoms with Gasteiger partial charge in [0.15, 0.2) is 0 Å². The highest BCUT2D eigenvalue weighted by atomic mass is 32.2. The van der Waals surface area contributed by atoms with E-state index in [0.29, 0.717) is 5.92 Å². The van der Waals surface area contributed by atoms with Gasteiger partial charge in [-0.3, -0.25) is 0 Å². The van der Waals surface area contributed by atoms with Crippen LogP contribution in [0.3, 0.4) is 0 Å². The molecule has 0 atom stereocenters. The molecule has 0 spiro atoms. The van der Waals surface area contributed by atoms with Crippen molar-refractivity contribution in [3.63, 3.8) is 0 Å². The van der Waals surface area contributed by atoms with Crippen LogP contribution in [0, 0.1) is 0 Å². The van der Waals surface area contributed by atoms with Crippen molar-refractivity contribution >= 4 is 24.4 Å². The molecule has 1 aromatic carbocycles. The van der Waals surface area contributed by atoms with Gasteiger partial charge in [-0.1, -0.05) is 26.0 Å². The van der Waals surface area contributed by atoms with Gasteiger partial charge in [0.05, 0.1) is 0 Å². The molecule has 2 heteroatoms. The maximum absolute atomic E-state index is 4.21. The van der Waals surface area contributed by atoms with Crippen molar-refractivity contribution in [1.82, 2.24) is 0 Å². The SMILES string of the molecule is CC(C)c1ccc(SCCCCS)cc1. The molecule has 0 N–H and O–H groups in total. The first-order valence-corrected chi connectivity index (χ1v) is 7.19. The predicted molar refractivity (Wildman–Crippen MR) is 74.3 cm³/mol. The van der Waals surface area contributed by atoms with Crippen LogP contribution in [-0.2, 0) is 0 Å². The van der Waals surface area contributed by atoms with Crippen molar-refractivity contribution in [3.05, 3.63) is 29.8 Å². The van der Waals surface area contributed by atoms with Crippen molar-refractivity contribution in [2.24, 2.45) is 0 Å². The molecule has 0 amide bonds. The van der Waals surface area contributed by atoms with Crippen molar-refractivity contribution in [3.8, 4) is 0 Å². The Morgan fingerprint density at radius 2 is 1.80 bits per heavy atom. The molecule has 1 aromatic rings. The van der Waals surface area contributed by atoms with Crippen LogP contribution >= 0.6 is 24.4 Å². The molecule has 0 aromatic heterocycles. The summed E-state index contributed by atoms with van der Waals surface area (Å²) in [4.78, 5) is 1.39. The standard InChI is InChI=1S/C13H20S2/c1-11(2)12-5-7-13(8-6-12)15-10-4-3-9-14/h5-8,11,14H,3-4,9-10H2,1-2H3. The molecule has 0 saturated heterocycles. The smallest absolute Gasteiger partial charge is 0.00721 e. The Balaban J connectivity index is 2.36. The van der Waals surface area contributed by atoms with E-state index in [1.54, 1.807) is 0 Å². The molecule has 0 bridgehead atoms. The van der Waals surface area contributed by atoms with E-state index in [2.05, 4.69) is 50.7 Å². The minimum Gasteiger partial charge on any atom is -0.179 e. The Bertz CT molecular complexity index is 264. The Hall–Kier alpha value is -0.0800. The molecule has 0 saturated carbocycles. The molecule has 15 heavy (non-hydrogen) atoms. The van der Waals surface area contributed by atoms with Gasteiger partial charge in [0.2, 0.25) is 0 Å². The Morgan fingerprint density at radius 3 is 2.33 bits per heavy atom. The Morgan fingerprint density at radius 1 is 1.13 bits per heavy atom. The lowest BCUT2D eigenvalue weighted by molar-refractivity contribution is 0.864. The van der Waals surface area contributed by atoms with Crippen molar-refractivity contribution in [2.45, 2.75) is 37.5 Å². The van der Waals surface area contributed by atoms with E-state index < -0.39 is 0 Å². The third kappa shape index (κ3) is 4.98. The summed E-state index contributed by atoms with van der Waals surface area (Å²) in [5.74, 6) is 2.85. The van der Waals surface area contributed by atoms with Gasteiger partial charge in [-0.15, -0.1) is 11.8 Å². The lowest BCUT2D eigenvalue weighted by Gasteiger charge is -2.06. The highest BCUT2D eigenvalue weighted by Crippen LogP contribution is 2.22. The Kier molecular flexibility index (Phi) is 6.26. The minimum absolute atomic E-state index is 0.633. The van der Waals surface area contributed by atoms with E-state index in [4.69, 9.17) is 0 Å². The van der Waals surface area contributed by atoms with Crippen LogP contribution in [0.2, 0.25) is 0 Å². The van der Waals surface area contributed by atoms with Crippen LogP contribution in [0.25, 0.3) is 0 Å². The third-order valence-electron chi connectivity index (χ3n) is 2.37. The first kappa shape index (κ1) is 13.0. The number of benzene rings is 1. The zero-order valence-corrected chi connectivity index (χ0v) is 11.3. The number of hydrogen-bond donors (Lipinski definition) is 1.